The number of benzene rings is 2. The average Bonchev–Trinajstić information content (AvgIpc) is 3.16. The molecule has 0 spiro atoms. The molecule has 0 N–H and O–H groups in total. The maximum Gasteiger partial charge on any atom is 0.228 e. The Bertz CT molecular complexity index is 1010. The SMILES string of the molecule is CCOc1ccccc1-c1nc(CC(=O)N(C)C(C)c2ccc(Cl)cc2Cl)cs1. The number of aromatic nitrogens is 1. The lowest BCUT2D eigenvalue weighted by molar-refractivity contribution is -0.131. The van der Waals surface area contributed by atoms with Gasteiger partial charge in [-0.05, 0) is 43.7 Å². The molecule has 1 atom stereocenters. The minimum atomic E-state index is -0.177. The van der Waals surface area contributed by atoms with Crippen LogP contribution in [-0.4, -0.2) is 29.4 Å². The summed E-state index contributed by atoms with van der Waals surface area (Å²) in [5.74, 6) is 0.767. The number of hydrogen-bond donors (Lipinski definition) is 0. The molecule has 0 fully saturated rings. The Balaban J connectivity index is 1.73. The predicted molar refractivity (Wildman–Crippen MR) is 120 cm³/mol. The van der Waals surface area contributed by atoms with Crippen LogP contribution in [0, 0.1) is 0 Å². The summed E-state index contributed by atoms with van der Waals surface area (Å²) in [5.41, 5.74) is 2.53. The van der Waals surface area contributed by atoms with Gasteiger partial charge < -0.3 is 9.64 Å². The summed E-state index contributed by atoms with van der Waals surface area (Å²) in [4.78, 5) is 19.2. The highest BCUT2D eigenvalue weighted by Gasteiger charge is 2.21. The van der Waals surface area contributed by atoms with Crippen LogP contribution in [0.4, 0.5) is 0 Å². The molecular formula is C22H22Cl2N2O2S. The molecule has 2 aromatic carbocycles. The zero-order valence-electron chi connectivity index (χ0n) is 16.5. The van der Waals surface area contributed by atoms with E-state index in [0.29, 0.717) is 16.7 Å². The largest absolute Gasteiger partial charge is 0.493 e. The first kappa shape index (κ1) is 21.6. The Morgan fingerprint density at radius 1 is 1.24 bits per heavy atom. The van der Waals surface area contributed by atoms with Gasteiger partial charge in [-0.15, -0.1) is 11.3 Å². The topological polar surface area (TPSA) is 42.4 Å². The molecule has 0 bridgehead atoms. The Kier molecular flexibility index (Phi) is 7.17. The van der Waals surface area contributed by atoms with Crippen LogP contribution in [0.3, 0.4) is 0 Å². The van der Waals surface area contributed by atoms with E-state index in [9.17, 15) is 4.79 Å². The smallest absolute Gasteiger partial charge is 0.228 e. The number of thiazole rings is 1. The number of para-hydroxylation sites is 1. The van der Waals surface area contributed by atoms with Crippen molar-refractivity contribution in [2.75, 3.05) is 13.7 Å². The number of amides is 1. The minimum absolute atomic E-state index is 0.0292. The highest BCUT2D eigenvalue weighted by atomic mass is 35.5. The van der Waals surface area contributed by atoms with E-state index in [-0.39, 0.29) is 18.4 Å². The van der Waals surface area contributed by atoms with Crippen LogP contribution in [0.1, 0.15) is 31.1 Å². The van der Waals surface area contributed by atoms with Crippen LogP contribution in [0.15, 0.2) is 47.8 Å². The number of hydrogen-bond acceptors (Lipinski definition) is 4. The van der Waals surface area contributed by atoms with Gasteiger partial charge in [-0.2, -0.15) is 0 Å². The lowest BCUT2D eigenvalue weighted by Gasteiger charge is -2.26. The normalized spacial score (nSPS) is 11.9. The molecular weight excluding hydrogens is 427 g/mol. The van der Waals surface area contributed by atoms with Crippen LogP contribution in [0.2, 0.25) is 10.0 Å². The van der Waals surface area contributed by atoms with Crippen molar-refractivity contribution < 1.29 is 9.53 Å². The second kappa shape index (κ2) is 9.61. The van der Waals surface area contributed by atoms with Crippen molar-refractivity contribution in [3.63, 3.8) is 0 Å². The van der Waals surface area contributed by atoms with Crippen molar-refractivity contribution in [3.8, 4) is 16.3 Å². The number of nitrogens with zero attached hydrogens (tertiary/aromatic N) is 2. The van der Waals surface area contributed by atoms with Crippen LogP contribution >= 0.6 is 34.5 Å². The lowest BCUT2D eigenvalue weighted by Crippen LogP contribution is -2.31. The van der Waals surface area contributed by atoms with Crippen molar-refractivity contribution in [1.82, 2.24) is 9.88 Å². The molecule has 3 rings (SSSR count). The van der Waals surface area contributed by atoms with E-state index in [2.05, 4.69) is 4.98 Å². The molecule has 0 saturated heterocycles. The van der Waals surface area contributed by atoms with Gasteiger partial charge >= 0.3 is 0 Å². The fraction of sp³-hybridized carbons (Fsp3) is 0.273. The Labute approximate surface area is 185 Å². The summed E-state index contributed by atoms with van der Waals surface area (Å²) in [7, 11) is 1.77. The second-order valence-electron chi connectivity index (χ2n) is 6.60. The van der Waals surface area contributed by atoms with Gasteiger partial charge in [0.25, 0.3) is 0 Å². The van der Waals surface area contributed by atoms with Crippen LogP contribution in [-0.2, 0) is 11.2 Å². The molecule has 3 aromatic rings. The molecule has 0 radical (unpaired) electrons. The summed E-state index contributed by atoms with van der Waals surface area (Å²) in [6, 6.07) is 12.9. The fourth-order valence-corrected chi connectivity index (χ4v) is 4.40. The van der Waals surface area contributed by atoms with E-state index in [1.54, 1.807) is 24.1 Å². The van der Waals surface area contributed by atoms with Crippen molar-refractivity contribution in [3.05, 3.63) is 69.1 Å². The van der Waals surface area contributed by atoms with E-state index >= 15 is 0 Å². The van der Waals surface area contributed by atoms with Crippen LogP contribution < -0.4 is 4.74 Å². The standard InChI is InChI=1S/C22H22Cl2N2O2S/c1-4-28-20-8-6-5-7-18(20)22-25-16(13-29-22)12-21(27)26(3)14(2)17-10-9-15(23)11-19(17)24/h5-11,13-14H,4,12H2,1-3H3. The van der Waals surface area contributed by atoms with E-state index in [4.69, 9.17) is 27.9 Å². The summed E-state index contributed by atoms with van der Waals surface area (Å²) in [5, 5.41) is 3.88. The Hall–Kier alpha value is -2.08. The van der Waals surface area contributed by atoms with Crippen molar-refractivity contribution in [1.29, 1.82) is 0 Å². The van der Waals surface area contributed by atoms with Gasteiger partial charge in [-0.25, -0.2) is 4.98 Å². The Morgan fingerprint density at radius 3 is 2.72 bits per heavy atom. The average molecular weight is 449 g/mol. The highest BCUT2D eigenvalue weighted by Crippen LogP contribution is 2.33. The number of ether oxygens (including phenoxy) is 1. The third kappa shape index (κ3) is 5.10. The molecule has 1 heterocycles. The zero-order valence-corrected chi connectivity index (χ0v) is 18.8. The molecule has 0 aliphatic rings. The van der Waals surface area contributed by atoms with E-state index < -0.39 is 0 Å². The lowest BCUT2D eigenvalue weighted by atomic mass is 10.1. The van der Waals surface area contributed by atoms with Crippen LogP contribution in [0.5, 0.6) is 5.75 Å². The Morgan fingerprint density at radius 2 is 2.00 bits per heavy atom. The molecule has 4 nitrogen and oxygen atoms in total. The van der Waals surface area contributed by atoms with Gasteiger partial charge in [0, 0.05) is 22.5 Å². The van der Waals surface area contributed by atoms with Gasteiger partial charge in [0.1, 0.15) is 10.8 Å². The summed E-state index contributed by atoms with van der Waals surface area (Å²) in [6.07, 6.45) is 0.222. The maximum absolute atomic E-state index is 12.8. The molecule has 1 aromatic heterocycles. The summed E-state index contributed by atoms with van der Waals surface area (Å²) < 4.78 is 5.69. The van der Waals surface area contributed by atoms with Crippen molar-refractivity contribution in [2.45, 2.75) is 26.3 Å². The molecule has 152 valence electrons. The zero-order chi connectivity index (χ0) is 21.0. The van der Waals surface area contributed by atoms with E-state index in [1.165, 1.54) is 11.3 Å². The fourth-order valence-electron chi connectivity index (χ4n) is 2.98. The minimum Gasteiger partial charge on any atom is -0.493 e. The first-order valence-electron chi connectivity index (χ1n) is 9.28. The summed E-state index contributed by atoms with van der Waals surface area (Å²) >= 11 is 13.8. The molecule has 7 heteroatoms. The quantitative estimate of drug-likeness (QED) is 0.427. The maximum atomic E-state index is 12.8. The molecule has 1 unspecified atom stereocenters. The molecule has 0 aliphatic carbocycles. The van der Waals surface area contributed by atoms with Gasteiger partial charge in [0.2, 0.25) is 5.91 Å². The number of rotatable bonds is 7. The first-order valence-corrected chi connectivity index (χ1v) is 10.9. The molecule has 29 heavy (non-hydrogen) atoms. The molecule has 1 amide bonds. The number of carbonyl (C=O) groups excluding carboxylic acids is 1. The number of likely N-dealkylation sites (N-methyl/N-ethyl adjacent to an activating group) is 1. The molecule has 0 saturated carbocycles. The number of carbonyl (C=O) groups is 1. The second-order valence-corrected chi connectivity index (χ2v) is 8.30. The third-order valence-corrected chi connectivity index (χ3v) is 6.18. The van der Waals surface area contributed by atoms with Gasteiger partial charge in [0.15, 0.2) is 0 Å². The van der Waals surface area contributed by atoms with E-state index in [0.717, 1.165) is 27.6 Å². The monoisotopic (exact) mass is 448 g/mol. The predicted octanol–water partition coefficient (Wildman–Crippen LogP) is 6.28. The third-order valence-electron chi connectivity index (χ3n) is 4.69. The number of halogens is 2. The van der Waals surface area contributed by atoms with Crippen LogP contribution in [0.25, 0.3) is 10.6 Å². The molecule has 0 aliphatic heterocycles. The van der Waals surface area contributed by atoms with E-state index in [1.807, 2.05) is 49.6 Å². The highest BCUT2D eigenvalue weighted by molar-refractivity contribution is 7.13. The van der Waals surface area contributed by atoms with Gasteiger partial charge in [-0.1, -0.05) is 41.4 Å². The van der Waals surface area contributed by atoms with Crippen molar-refractivity contribution in [2.24, 2.45) is 0 Å². The van der Waals surface area contributed by atoms with Gasteiger partial charge in [-0.3, -0.25) is 4.79 Å². The van der Waals surface area contributed by atoms with Crippen molar-refractivity contribution >= 4 is 40.4 Å². The first-order chi connectivity index (χ1) is 13.9. The summed E-state index contributed by atoms with van der Waals surface area (Å²) in [6.45, 7) is 4.48. The van der Waals surface area contributed by atoms with Gasteiger partial charge in [0.05, 0.1) is 30.3 Å².